The van der Waals surface area contributed by atoms with Crippen molar-refractivity contribution in [3.63, 3.8) is 0 Å². The molecule has 1 aromatic carbocycles. The largest absolute Gasteiger partial charge is 0.311 e. The predicted molar refractivity (Wildman–Crippen MR) is 84.1 cm³/mol. The van der Waals surface area contributed by atoms with Gasteiger partial charge in [0, 0.05) is 45.8 Å². The first kappa shape index (κ1) is 14.1. The Morgan fingerprint density at radius 2 is 1.75 bits per heavy atom. The Kier molecular flexibility index (Phi) is 4.71. The lowest BCUT2D eigenvalue weighted by molar-refractivity contribution is 0.154. The average molecular weight is 273 g/mol. The molecular weight excluding hydrogens is 246 g/mol. The Morgan fingerprint density at radius 3 is 2.40 bits per heavy atom. The number of hydrogen-bond acceptors (Lipinski definition) is 3. The maximum atomic E-state index is 3.57. The van der Waals surface area contributed by atoms with Crippen LogP contribution in [0.1, 0.15) is 29.9 Å². The van der Waals surface area contributed by atoms with E-state index in [4.69, 9.17) is 0 Å². The van der Waals surface area contributed by atoms with E-state index in [1.54, 1.807) is 0 Å². The van der Waals surface area contributed by atoms with E-state index in [1.807, 2.05) is 0 Å². The van der Waals surface area contributed by atoms with E-state index >= 15 is 0 Å². The van der Waals surface area contributed by atoms with Crippen LogP contribution < -0.4 is 5.32 Å². The molecule has 2 fully saturated rings. The van der Waals surface area contributed by atoms with Gasteiger partial charge in [0.15, 0.2) is 0 Å². The number of piperazine rings is 1. The van der Waals surface area contributed by atoms with Crippen molar-refractivity contribution in [2.24, 2.45) is 0 Å². The molecule has 3 nitrogen and oxygen atoms in total. The maximum Gasteiger partial charge on any atom is 0.0206 e. The van der Waals surface area contributed by atoms with E-state index in [2.05, 4.69) is 46.4 Å². The average Bonchev–Trinajstić information content (AvgIpc) is 3.31. The number of rotatable bonds is 6. The van der Waals surface area contributed by atoms with Gasteiger partial charge in [-0.3, -0.25) is 4.90 Å². The van der Waals surface area contributed by atoms with Crippen LogP contribution in [0, 0.1) is 0 Å². The fraction of sp³-hybridized carbons (Fsp3) is 0.647. The zero-order chi connectivity index (χ0) is 13.8. The highest BCUT2D eigenvalue weighted by Gasteiger charge is 2.22. The number of nitrogens with one attached hydrogen (secondary N) is 1. The van der Waals surface area contributed by atoms with E-state index in [-0.39, 0.29) is 0 Å². The fourth-order valence-corrected chi connectivity index (χ4v) is 2.87. The van der Waals surface area contributed by atoms with E-state index in [0.717, 1.165) is 19.0 Å². The Labute approximate surface area is 123 Å². The molecule has 0 amide bonds. The third-order valence-corrected chi connectivity index (χ3v) is 4.56. The van der Waals surface area contributed by atoms with Crippen LogP contribution >= 0.6 is 0 Å². The van der Waals surface area contributed by atoms with Crippen molar-refractivity contribution in [3.05, 3.63) is 35.4 Å². The Balaban J connectivity index is 1.33. The summed E-state index contributed by atoms with van der Waals surface area (Å²) in [5, 5.41) is 3.57. The van der Waals surface area contributed by atoms with Crippen molar-refractivity contribution in [2.45, 2.75) is 25.3 Å². The summed E-state index contributed by atoms with van der Waals surface area (Å²) in [6, 6.07) is 9.21. The van der Waals surface area contributed by atoms with Crippen LogP contribution in [0.3, 0.4) is 0 Å². The Bertz CT molecular complexity index is 403. The number of hydrogen-bond donors (Lipinski definition) is 1. The molecule has 1 heterocycles. The van der Waals surface area contributed by atoms with Crippen molar-refractivity contribution in [3.8, 4) is 0 Å². The molecule has 3 heteroatoms. The predicted octanol–water partition coefficient (Wildman–Crippen LogP) is 1.90. The van der Waals surface area contributed by atoms with Crippen molar-refractivity contribution in [2.75, 3.05) is 46.3 Å². The number of benzene rings is 1. The summed E-state index contributed by atoms with van der Waals surface area (Å²) in [5.41, 5.74) is 2.94. The van der Waals surface area contributed by atoms with Crippen LogP contribution in [0.2, 0.25) is 0 Å². The van der Waals surface area contributed by atoms with Crippen molar-refractivity contribution < 1.29 is 0 Å². The fourth-order valence-electron chi connectivity index (χ4n) is 2.87. The van der Waals surface area contributed by atoms with E-state index in [1.165, 1.54) is 56.7 Å². The molecule has 20 heavy (non-hydrogen) atoms. The minimum absolute atomic E-state index is 0.870. The molecule has 0 atom stereocenters. The van der Waals surface area contributed by atoms with Gasteiger partial charge in [0.25, 0.3) is 0 Å². The van der Waals surface area contributed by atoms with Crippen LogP contribution in [0.5, 0.6) is 0 Å². The van der Waals surface area contributed by atoms with Crippen molar-refractivity contribution >= 4 is 0 Å². The first-order valence-electron chi connectivity index (χ1n) is 8.02. The van der Waals surface area contributed by atoms with Gasteiger partial charge in [-0.1, -0.05) is 24.3 Å². The lowest BCUT2D eigenvalue weighted by Gasteiger charge is -2.32. The zero-order valence-corrected chi connectivity index (χ0v) is 12.6. The summed E-state index contributed by atoms with van der Waals surface area (Å²) in [5.74, 6) is 0.870. The van der Waals surface area contributed by atoms with E-state index in [9.17, 15) is 0 Å². The van der Waals surface area contributed by atoms with Gasteiger partial charge in [0.05, 0.1) is 0 Å². The van der Waals surface area contributed by atoms with Crippen LogP contribution in [0.25, 0.3) is 0 Å². The monoisotopic (exact) mass is 273 g/mol. The van der Waals surface area contributed by atoms with Crippen molar-refractivity contribution in [1.82, 2.24) is 15.1 Å². The van der Waals surface area contributed by atoms with Gasteiger partial charge in [-0.05, 0) is 36.9 Å². The summed E-state index contributed by atoms with van der Waals surface area (Å²) in [6.45, 7) is 8.12. The lowest BCUT2D eigenvalue weighted by atomic mass is 10.1. The molecule has 110 valence electrons. The van der Waals surface area contributed by atoms with E-state index in [0.29, 0.717) is 0 Å². The normalized spacial score (nSPS) is 21.2. The first-order valence-corrected chi connectivity index (χ1v) is 8.02. The zero-order valence-electron chi connectivity index (χ0n) is 12.6. The summed E-state index contributed by atoms with van der Waals surface area (Å²) < 4.78 is 0. The molecule has 1 saturated heterocycles. The van der Waals surface area contributed by atoms with Gasteiger partial charge in [-0.25, -0.2) is 0 Å². The topological polar surface area (TPSA) is 18.5 Å². The van der Waals surface area contributed by atoms with Gasteiger partial charge >= 0.3 is 0 Å². The molecule has 0 bridgehead atoms. The lowest BCUT2D eigenvalue weighted by Crippen LogP contribution is -2.46. The molecule has 1 aliphatic heterocycles. The SMILES string of the molecule is CN1CCN(CCNCc2ccc(C3CC3)cc2)CC1. The molecule has 3 rings (SSSR count). The van der Waals surface area contributed by atoms with Crippen LogP contribution in [0.4, 0.5) is 0 Å². The smallest absolute Gasteiger partial charge is 0.0206 e. The molecule has 0 unspecified atom stereocenters. The third-order valence-electron chi connectivity index (χ3n) is 4.56. The van der Waals surface area contributed by atoms with Gasteiger partial charge in [-0.15, -0.1) is 0 Å². The Morgan fingerprint density at radius 1 is 1.05 bits per heavy atom. The van der Waals surface area contributed by atoms with Gasteiger partial charge in [0.1, 0.15) is 0 Å². The summed E-state index contributed by atoms with van der Waals surface area (Å²) in [4.78, 5) is 4.97. The highest BCUT2D eigenvalue weighted by Crippen LogP contribution is 2.39. The second kappa shape index (κ2) is 6.70. The van der Waals surface area contributed by atoms with Gasteiger partial charge in [-0.2, -0.15) is 0 Å². The first-order chi connectivity index (χ1) is 9.81. The minimum Gasteiger partial charge on any atom is -0.311 e. The summed E-state index contributed by atoms with van der Waals surface area (Å²) in [6.07, 6.45) is 2.78. The molecule has 1 saturated carbocycles. The highest BCUT2D eigenvalue weighted by atomic mass is 15.2. The second-order valence-electron chi connectivity index (χ2n) is 6.34. The molecule has 0 spiro atoms. The number of nitrogens with zero attached hydrogens (tertiary/aromatic N) is 2. The van der Waals surface area contributed by atoms with Gasteiger partial charge in [0.2, 0.25) is 0 Å². The molecular formula is C17H27N3. The molecule has 1 aromatic rings. The summed E-state index contributed by atoms with van der Waals surface area (Å²) in [7, 11) is 2.21. The quantitative estimate of drug-likeness (QED) is 0.799. The summed E-state index contributed by atoms with van der Waals surface area (Å²) >= 11 is 0. The van der Waals surface area contributed by atoms with Crippen molar-refractivity contribution in [1.29, 1.82) is 0 Å². The molecule has 2 aliphatic rings. The minimum atomic E-state index is 0.870. The Hall–Kier alpha value is -0.900. The molecule has 0 aromatic heterocycles. The highest BCUT2D eigenvalue weighted by molar-refractivity contribution is 5.27. The van der Waals surface area contributed by atoms with Crippen LogP contribution in [-0.4, -0.2) is 56.1 Å². The maximum absolute atomic E-state index is 3.57. The van der Waals surface area contributed by atoms with Crippen LogP contribution in [0.15, 0.2) is 24.3 Å². The molecule has 1 N–H and O–H groups in total. The van der Waals surface area contributed by atoms with Gasteiger partial charge < -0.3 is 10.2 Å². The van der Waals surface area contributed by atoms with E-state index < -0.39 is 0 Å². The molecule has 0 radical (unpaired) electrons. The van der Waals surface area contributed by atoms with Crippen LogP contribution in [-0.2, 0) is 6.54 Å². The third kappa shape index (κ3) is 4.05. The molecule has 1 aliphatic carbocycles. The number of likely N-dealkylation sites (N-methyl/N-ethyl adjacent to an activating group) is 1. The standard InChI is InChI=1S/C17H27N3/c1-19-10-12-20(13-11-19)9-8-18-14-15-2-4-16(5-3-15)17-6-7-17/h2-5,17-18H,6-14H2,1H3. The second-order valence-corrected chi connectivity index (χ2v) is 6.34.